The van der Waals surface area contributed by atoms with Crippen molar-refractivity contribution in [2.45, 2.75) is 32.7 Å². The number of methoxy groups -OCH3 is 2. The predicted octanol–water partition coefficient (Wildman–Crippen LogP) is 2.79. The SMILES string of the molecule is COCCCOc1cc2c(nc1OC)-c1cc(=O)c(C(=O)O)cn1C(C(C)C)C2. The third-order valence-corrected chi connectivity index (χ3v) is 5.09. The quantitative estimate of drug-likeness (QED) is 0.678. The van der Waals surface area contributed by atoms with Crippen molar-refractivity contribution in [3.05, 3.63) is 39.7 Å². The van der Waals surface area contributed by atoms with Gasteiger partial charge in [-0.15, -0.1) is 0 Å². The fraction of sp³-hybridized carbons (Fsp3) is 0.476. The highest BCUT2D eigenvalue weighted by molar-refractivity contribution is 5.87. The summed E-state index contributed by atoms with van der Waals surface area (Å²) in [4.78, 5) is 28.4. The molecule has 0 aromatic carbocycles. The molecule has 29 heavy (non-hydrogen) atoms. The summed E-state index contributed by atoms with van der Waals surface area (Å²) in [5, 5.41) is 9.35. The molecular formula is C21H26N2O6. The van der Waals surface area contributed by atoms with Crippen molar-refractivity contribution in [2.24, 2.45) is 5.92 Å². The molecule has 0 bridgehead atoms. The van der Waals surface area contributed by atoms with Gasteiger partial charge in [-0.3, -0.25) is 4.79 Å². The highest BCUT2D eigenvalue weighted by Crippen LogP contribution is 2.40. The van der Waals surface area contributed by atoms with Gasteiger partial charge in [-0.2, -0.15) is 0 Å². The van der Waals surface area contributed by atoms with Gasteiger partial charge >= 0.3 is 5.97 Å². The minimum atomic E-state index is -1.23. The van der Waals surface area contributed by atoms with Gasteiger partial charge in [0.2, 0.25) is 0 Å². The van der Waals surface area contributed by atoms with E-state index >= 15 is 0 Å². The van der Waals surface area contributed by atoms with Crippen LogP contribution < -0.4 is 14.9 Å². The molecule has 0 saturated carbocycles. The normalized spacial score (nSPS) is 15.0. The first-order valence-electron chi connectivity index (χ1n) is 9.56. The lowest BCUT2D eigenvalue weighted by Gasteiger charge is -2.33. The largest absolute Gasteiger partial charge is 0.488 e. The number of hydrogen-bond donors (Lipinski definition) is 1. The van der Waals surface area contributed by atoms with Crippen LogP contribution in [0.2, 0.25) is 0 Å². The van der Waals surface area contributed by atoms with Crippen molar-refractivity contribution in [3.63, 3.8) is 0 Å². The molecule has 0 spiro atoms. The number of ether oxygens (including phenoxy) is 3. The summed E-state index contributed by atoms with van der Waals surface area (Å²) in [5.41, 5.74) is 1.35. The van der Waals surface area contributed by atoms with Crippen LogP contribution in [0, 0.1) is 5.92 Å². The van der Waals surface area contributed by atoms with E-state index < -0.39 is 11.4 Å². The fourth-order valence-corrected chi connectivity index (χ4v) is 3.58. The van der Waals surface area contributed by atoms with Crippen LogP contribution in [0.5, 0.6) is 11.6 Å². The minimum absolute atomic E-state index is 0.00673. The van der Waals surface area contributed by atoms with Crippen LogP contribution in [-0.2, 0) is 11.2 Å². The molecule has 1 N–H and O–H groups in total. The van der Waals surface area contributed by atoms with E-state index in [9.17, 15) is 14.7 Å². The Labute approximate surface area is 169 Å². The van der Waals surface area contributed by atoms with Gasteiger partial charge in [0.15, 0.2) is 11.2 Å². The van der Waals surface area contributed by atoms with Crippen LogP contribution in [0.3, 0.4) is 0 Å². The van der Waals surface area contributed by atoms with E-state index in [2.05, 4.69) is 18.8 Å². The highest BCUT2D eigenvalue weighted by Gasteiger charge is 2.30. The van der Waals surface area contributed by atoms with Gasteiger partial charge in [-0.05, 0) is 24.0 Å². The lowest BCUT2D eigenvalue weighted by Crippen LogP contribution is -2.28. The second-order valence-corrected chi connectivity index (χ2v) is 7.36. The summed E-state index contributed by atoms with van der Waals surface area (Å²) in [7, 11) is 3.15. The zero-order chi connectivity index (χ0) is 21.1. The Bertz CT molecular complexity index is 966. The maximum atomic E-state index is 12.4. The molecule has 3 heterocycles. The Hall–Kier alpha value is -2.87. The first-order valence-corrected chi connectivity index (χ1v) is 9.56. The highest BCUT2D eigenvalue weighted by atomic mass is 16.5. The topological polar surface area (TPSA) is 99.9 Å². The zero-order valence-corrected chi connectivity index (χ0v) is 17.1. The van der Waals surface area contributed by atoms with Crippen LogP contribution >= 0.6 is 0 Å². The summed E-state index contributed by atoms with van der Waals surface area (Å²) in [6.07, 6.45) is 2.81. The minimum Gasteiger partial charge on any atom is -0.488 e. The van der Waals surface area contributed by atoms with Crippen molar-refractivity contribution < 1.29 is 24.1 Å². The van der Waals surface area contributed by atoms with E-state index in [1.807, 2.05) is 10.6 Å². The van der Waals surface area contributed by atoms with E-state index in [-0.39, 0.29) is 17.5 Å². The maximum absolute atomic E-state index is 12.4. The molecule has 0 fully saturated rings. The van der Waals surface area contributed by atoms with Crippen molar-refractivity contribution in [2.75, 3.05) is 27.4 Å². The summed E-state index contributed by atoms with van der Waals surface area (Å²) in [6.45, 7) is 5.20. The number of rotatable bonds is 8. The van der Waals surface area contributed by atoms with Gasteiger partial charge in [-0.1, -0.05) is 13.8 Å². The molecule has 2 aromatic heterocycles. The summed E-state index contributed by atoms with van der Waals surface area (Å²) in [5.74, 6) is -0.142. The number of carbonyl (C=O) groups is 1. The molecule has 1 atom stereocenters. The van der Waals surface area contributed by atoms with Crippen LogP contribution in [-0.4, -0.2) is 48.1 Å². The molecule has 1 aliphatic heterocycles. The Kier molecular flexibility index (Phi) is 6.22. The Morgan fingerprint density at radius 1 is 1.31 bits per heavy atom. The lowest BCUT2D eigenvalue weighted by atomic mass is 9.89. The molecule has 3 rings (SSSR count). The smallest absolute Gasteiger partial charge is 0.341 e. The Morgan fingerprint density at radius 2 is 2.07 bits per heavy atom. The predicted molar refractivity (Wildman–Crippen MR) is 107 cm³/mol. The van der Waals surface area contributed by atoms with E-state index in [0.29, 0.717) is 42.7 Å². The van der Waals surface area contributed by atoms with Gasteiger partial charge in [-0.25, -0.2) is 9.78 Å². The molecule has 2 aromatic rings. The lowest BCUT2D eigenvalue weighted by molar-refractivity contribution is 0.0694. The molecule has 1 unspecified atom stereocenters. The van der Waals surface area contributed by atoms with Crippen molar-refractivity contribution in [3.8, 4) is 23.0 Å². The molecule has 0 aliphatic carbocycles. The standard InChI is InChI=1S/C21H26N2O6/c1-12(2)15-8-13-9-18(29-7-5-6-27-3)20(28-4)22-19(13)16-10-17(24)14(21(25)26)11-23(15)16/h9-12,15H,5-8H2,1-4H3,(H,25,26). The summed E-state index contributed by atoms with van der Waals surface area (Å²) in [6, 6.07) is 3.25. The van der Waals surface area contributed by atoms with Gasteiger partial charge in [0, 0.05) is 38.4 Å². The van der Waals surface area contributed by atoms with Crippen LogP contribution in [0.15, 0.2) is 23.1 Å². The number of carboxylic acid groups (broad SMARTS) is 1. The second kappa shape index (κ2) is 8.65. The Balaban J connectivity index is 2.10. The first kappa shape index (κ1) is 20.9. The number of fused-ring (bicyclic) bond motifs is 3. The molecule has 8 nitrogen and oxygen atoms in total. The monoisotopic (exact) mass is 402 g/mol. The molecule has 0 amide bonds. The molecule has 156 valence electrons. The number of nitrogens with zero attached hydrogens (tertiary/aromatic N) is 2. The molecule has 0 radical (unpaired) electrons. The Morgan fingerprint density at radius 3 is 2.69 bits per heavy atom. The second-order valence-electron chi connectivity index (χ2n) is 7.36. The zero-order valence-electron chi connectivity index (χ0n) is 17.1. The van der Waals surface area contributed by atoms with Gasteiger partial charge in [0.25, 0.3) is 5.88 Å². The molecule has 1 aliphatic rings. The molecule has 0 saturated heterocycles. The van der Waals surface area contributed by atoms with Crippen molar-refractivity contribution in [1.82, 2.24) is 9.55 Å². The number of carboxylic acids is 1. The number of hydrogen-bond acceptors (Lipinski definition) is 6. The third-order valence-electron chi connectivity index (χ3n) is 5.09. The van der Waals surface area contributed by atoms with E-state index in [1.165, 1.54) is 19.4 Å². The van der Waals surface area contributed by atoms with Crippen LogP contribution in [0.1, 0.15) is 42.2 Å². The summed E-state index contributed by atoms with van der Waals surface area (Å²) >= 11 is 0. The van der Waals surface area contributed by atoms with Crippen molar-refractivity contribution in [1.29, 1.82) is 0 Å². The van der Waals surface area contributed by atoms with Crippen LogP contribution in [0.25, 0.3) is 11.4 Å². The van der Waals surface area contributed by atoms with Gasteiger partial charge in [0.1, 0.15) is 5.56 Å². The van der Waals surface area contributed by atoms with Crippen LogP contribution in [0.4, 0.5) is 0 Å². The molecular weight excluding hydrogens is 376 g/mol. The van der Waals surface area contributed by atoms with Crippen molar-refractivity contribution >= 4 is 5.97 Å². The maximum Gasteiger partial charge on any atom is 0.341 e. The number of pyridine rings is 2. The summed E-state index contributed by atoms with van der Waals surface area (Å²) < 4.78 is 18.1. The van der Waals surface area contributed by atoms with Gasteiger partial charge < -0.3 is 23.9 Å². The van der Waals surface area contributed by atoms with Gasteiger partial charge in [0.05, 0.1) is 25.1 Å². The number of aromatic carboxylic acids is 1. The fourth-order valence-electron chi connectivity index (χ4n) is 3.58. The average Bonchev–Trinajstić information content (AvgIpc) is 2.69. The third kappa shape index (κ3) is 4.12. The number of aromatic nitrogens is 2. The van der Waals surface area contributed by atoms with E-state index in [4.69, 9.17) is 14.2 Å². The molecule has 8 heteroatoms. The average molecular weight is 402 g/mol. The first-order chi connectivity index (χ1) is 13.9. The van der Waals surface area contributed by atoms with E-state index in [1.54, 1.807) is 7.11 Å². The van der Waals surface area contributed by atoms with E-state index in [0.717, 1.165) is 12.0 Å².